The Morgan fingerprint density at radius 1 is 1.22 bits per heavy atom. The van der Waals surface area contributed by atoms with Gasteiger partial charge in [0.2, 0.25) is 0 Å². The maximum Gasteiger partial charge on any atom is 0.00956 e. The van der Waals surface area contributed by atoms with Crippen LogP contribution < -0.4 is 5.32 Å². The van der Waals surface area contributed by atoms with Crippen molar-refractivity contribution in [2.75, 3.05) is 26.2 Å². The van der Waals surface area contributed by atoms with Crippen LogP contribution in [0.1, 0.15) is 52.9 Å². The molecule has 0 bridgehead atoms. The van der Waals surface area contributed by atoms with Crippen LogP contribution in [0.2, 0.25) is 0 Å². The minimum absolute atomic E-state index is 0.818. The van der Waals surface area contributed by atoms with Crippen LogP contribution in [0.3, 0.4) is 0 Å². The maximum atomic E-state index is 3.68. The van der Waals surface area contributed by atoms with Gasteiger partial charge in [-0.25, -0.2) is 0 Å². The fourth-order valence-electron chi connectivity index (χ4n) is 3.87. The molecule has 2 fully saturated rings. The second kappa shape index (κ2) is 6.91. The second-order valence-electron chi connectivity index (χ2n) is 6.74. The molecule has 3 unspecified atom stereocenters. The SMILES string of the molecule is CCNC1CCCC1CCN1CCC(C(C)C)C1. The average Bonchev–Trinajstić information content (AvgIpc) is 2.95. The number of hydrogen-bond acceptors (Lipinski definition) is 2. The number of nitrogens with one attached hydrogen (secondary N) is 1. The first-order valence-corrected chi connectivity index (χ1v) is 8.16. The zero-order valence-corrected chi connectivity index (χ0v) is 12.6. The zero-order chi connectivity index (χ0) is 13.0. The summed E-state index contributed by atoms with van der Waals surface area (Å²) in [6.45, 7) is 12.2. The zero-order valence-electron chi connectivity index (χ0n) is 12.6. The van der Waals surface area contributed by atoms with Gasteiger partial charge in [-0.3, -0.25) is 0 Å². The highest BCUT2D eigenvalue weighted by atomic mass is 15.1. The van der Waals surface area contributed by atoms with Crippen molar-refractivity contribution in [3.63, 3.8) is 0 Å². The minimum Gasteiger partial charge on any atom is -0.314 e. The molecule has 0 aromatic rings. The molecule has 0 aromatic heterocycles. The van der Waals surface area contributed by atoms with Gasteiger partial charge in [0.15, 0.2) is 0 Å². The van der Waals surface area contributed by atoms with Crippen molar-refractivity contribution in [2.45, 2.75) is 58.9 Å². The Morgan fingerprint density at radius 2 is 2.06 bits per heavy atom. The van der Waals surface area contributed by atoms with Crippen molar-refractivity contribution in [1.82, 2.24) is 10.2 Å². The van der Waals surface area contributed by atoms with E-state index in [1.807, 2.05) is 0 Å². The highest BCUT2D eigenvalue weighted by Crippen LogP contribution is 2.30. The monoisotopic (exact) mass is 252 g/mol. The van der Waals surface area contributed by atoms with E-state index in [2.05, 4.69) is 31.0 Å². The Bertz CT molecular complexity index is 239. The molecular formula is C16H32N2. The molecule has 0 amide bonds. The molecule has 1 N–H and O–H groups in total. The first-order chi connectivity index (χ1) is 8.70. The highest BCUT2D eigenvalue weighted by Gasteiger charge is 2.29. The molecular weight excluding hydrogens is 220 g/mol. The summed E-state index contributed by atoms with van der Waals surface area (Å²) in [5.41, 5.74) is 0. The predicted molar refractivity (Wildman–Crippen MR) is 78.8 cm³/mol. The molecule has 1 saturated carbocycles. The summed E-state index contributed by atoms with van der Waals surface area (Å²) in [4.78, 5) is 2.71. The van der Waals surface area contributed by atoms with Crippen molar-refractivity contribution < 1.29 is 0 Å². The smallest absolute Gasteiger partial charge is 0.00956 e. The summed E-state index contributed by atoms with van der Waals surface area (Å²) in [5.74, 6) is 2.78. The van der Waals surface area contributed by atoms with Gasteiger partial charge in [-0.05, 0) is 63.1 Å². The molecule has 1 heterocycles. The van der Waals surface area contributed by atoms with Gasteiger partial charge in [0.1, 0.15) is 0 Å². The van der Waals surface area contributed by atoms with E-state index >= 15 is 0 Å². The quantitative estimate of drug-likeness (QED) is 0.781. The van der Waals surface area contributed by atoms with Gasteiger partial charge in [0.05, 0.1) is 0 Å². The van der Waals surface area contributed by atoms with E-state index in [4.69, 9.17) is 0 Å². The Balaban J connectivity index is 1.69. The normalized spacial score (nSPS) is 33.7. The van der Waals surface area contributed by atoms with Crippen molar-refractivity contribution in [3.8, 4) is 0 Å². The fraction of sp³-hybridized carbons (Fsp3) is 1.00. The number of hydrogen-bond donors (Lipinski definition) is 1. The Hall–Kier alpha value is -0.0800. The lowest BCUT2D eigenvalue weighted by atomic mass is 9.95. The molecule has 0 radical (unpaired) electrons. The fourth-order valence-corrected chi connectivity index (χ4v) is 3.87. The lowest BCUT2D eigenvalue weighted by Gasteiger charge is -2.24. The molecule has 2 nitrogen and oxygen atoms in total. The largest absolute Gasteiger partial charge is 0.314 e. The average molecular weight is 252 g/mol. The summed E-state index contributed by atoms with van der Waals surface area (Å²) >= 11 is 0. The van der Waals surface area contributed by atoms with Crippen LogP contribution in [-0.4, -0.2) is 37.1 Å². The summed E-state index contributed by atoms with van der Waals surface area (Å²) in [6.07, 6.45) is 7.16. The first kappa shape index (κ1) is 14.3. The molecule has 106 valence electrons. The van der Waals surface area contributed by atoms with E-state index < -0.39 is 0 Å². The molecule has 0 aromatic carbocycles. The Labute approximate surface area is 114 Å². The van der Waals surface area contributed by atoms with E-state index in [1.54, 1.807) is 0 Å². The third-order valence-corrected chi connectivity index (χ3v) is 5.19. The van der Waals surface area contributed by atoms with Crippen LogP contribution in [0, 0.1) is 17.8 Å². The standard InChI is InChI=1S/C16H32N2/c1-4-17-16-7-5-6-14(16)8-10-18-11-9-15(12-18)13(2)3/h13-17H,4-12H2,1-3H3. The van der Waals surface area contributed by atoms with E-state index in [1.165, 1.54) is 51.7 Å². The molecule has 1 aliphatic carbocycles. The number of rotatable bonds is 6. The number of nitrogens with zero attached hydrogens (tertiary/aromatic N) is 1. The van der Waals surface area contributed by atoms with Crippen LogP contribution in [-0.2, 0) is 0 Å². The van der Waals surface area contributed by atoms with Gasteiger partial charge in [-0.1, -0.05) is 27.2 Å². The molecule has 0 spiro atoms. The van der Waals surface area contributed by atoms with E-state index in [9.17, 15) is 0 Å². The molecule has 1 saturated heterocycles. The molecule has 2 rings (SSSR count). The number of likely N-dealkylation sites (tertiary alicyclic amines) is 1. The Morgan fingerprint density at radius 3 is 2.72 bits per heavy atom. The van der Waals surface area contributed by atoms with E-state index in [-0.39, 0.29) is 0 Å². The lowest BCUT2D eigenvalue weighted by Crippen LogP contribution is -2.34. The van der Waals surface area contributed by atoms with Gasteiger partial charge < -0.3 is 10.2 Å². The van der Waals surface area contributed by atoms with Gasteiger partial charge in [0, 0.05) is 12.6 Å². The van der Waals surface area contributed by atoms with Crippen LogP contribution in [0.5, 0.6) is 0 Å². The van der Waals surface area contributed by atoms with Gasteiger partial charge in [-0.2, -0.15) is 0 Å². The van der Waals surface area contributed by atoms with Crippen molar-refractivity contribution in [1.29, 1.82) is 0 Å². The second-order valence-corrected chi connectivity index (χ2v) is 6.74. The van der Waals surface area contributed by atoms with Crippen molar-refractivity contribution >= 4 is 0 Å². The van der Waals surface area contributed by atoms with Crippen molar-refractivity contribution in [3.05, 3.63) is 0 Å². The molecule has 1 aliphatic heterocycles. The third kappa shape index (κ3) is 3.71. The third-order valence-electron chi connectivity index (χ3n) is 5.19. The van der Waals surface area contributed by atoms with E-state index in [0.29, 0.717) is 0 Å². The van der Waals surface area contributed by atoms with Crippen LogP contribution in [0.15, 0.2) is 0 Å². The van der Waals surface area contributed by atoms with Gasteiger partial charge >= 0.3 is 0 Å². The van der Waals surface area contributed by atoms with Gasteiger partial charge in [0.25, 0.3) is 0 Å². The summed E-state index contributed by atoms with van der Waals surface area (Å²) < 4.78 is 0. The molecule has 3 atom stereocenters. The van der Waals surface area contributed by atoms with Gasteiger partial charge in [-0.15, -0.1) is 0 Å². The van der Waals surface area contributed by atoms with E-state index in [0.717, 1.165) is 30.3 Å². The summed E-state index contributed by atoms with van der Waals surface area (Å²) in [7, 11) is 0. The topological polar surface area (TPSA) is 15.3 Å². The van der Waals surface area contributed by atoms with Crippen LogP contribution in [0.25, 0.3) is 0 Å². The van der Waals surface area contributed by atoms with Crippen LogP contribution >= 0.6 is 0 Å². The minimum atomic E-state index is 0.818. The molecule has 2 heteroatoms. The molecule has 2 aliphatic rings. The maximum absolute atomic E-state index is 3.68. The highest BCUT2D eigenvalue weighted by molar-refractivity contribution is 4.85. The lowest BCUT2D eigenvalue weighted by molar-refractivity contribution is 0.265. The molecule has 18 heavy (non-hydrogen) atoms. The predicted octanol–water partition coefficient (Wildman–Crippen LogP) is 3.13. The van der Waals surface area contributed by atoms with Crippen molar-refractivity contribution in [2.24, 2.45) is 17.8 Å². The Kier molecular flexibility index (Phi) is 5.50. The van der Waals surface area contributed by atoms with Crippen LogP contribution in [0.4, 0.5) is 0 Å². The first-order valence-electron chi connectivity index (χ1n) is 8.16. The summed E-state index contributed by atoms with van der Waals surface area (Å²) in [5, 5.41) is 3.68. The summed E-state index contributed by atoms with van der Waals surface area (Å²) in [6, 6.07) is 0.818.